The van der Waals surface area contributed by atoms with Crippen LogP contribution in [0.3, 0.4) is 0 Å². The molecule has 0 N–H and O–H groups in total. The molecule has 12 heteroatoms. The van der Waals surface area contributed by atoms with Crippen LogP contribution in [0.2, 0.25) is 109 Å². The van der Waals surface area contributed by atoms with Crippen molar-refractivity contribution in [2.45, 2.75) is 311 Å². The number of benzene rings is 9. The van der Waals surface area contributed by atoms with Gasteiger partial charge in [0.1, 0.15) is 43.5 Å². The van der Waals surface area contributed by atoms with Crippen LogP contribution in [0.25, 0.3) is 126 Å². The fraction of sp³-hybridized carbons (Fsp3) is 0.421. The Labute approximate surface area is 782 Å². The standard InChI is InChI=1S/C46H62S2Si2.C34H38O2Si2.C34H38Se2Si2/c1-9-17-19-21-23-37-29-35-31-41-39(25-27-49(11-3,12-4)13-5)44-34-46-36(30-38(48-46)24-22-20-18-10-2)32-42(44)40(43(41)33-45(35)47-37)26-28-50(14-6,15-7)16-8;2*1-7-37(8-2,9-3)19-15-27-29-21-25-13-17-36-34(25)24-32(29)28(16-20-38(10-4,11-5)12-6)30-22-26-14-18-35-33(26)23-31(27)30/h29-34H,9-24H2,1-8H3;2*13-14,17-18,21-24H,7-12H2,1-6H3. The summed E-state index contributed by atoms with van der Waals surface area (Å²) in [6.07, 6.45) is 16.4. The smallest absolute Gasteiger partial charge is 0.138 e. The van der Waals surface area contributed by atoms with Gasteiger partial charge in [-0.1, -0.05) is 159 Å². The molecule has 654 valence electrons. The Hall–Kier alpha value is -7.28. The van der Waals surface area contributed by atoms with Gasteiger partial charge in [-0.15, -0.1) is 44.8 Å². The molecule has 0 fully saturated rings. The molecule has 126 heavy (non-hydrogen) atoms. The largest absolute Gasteiger partial charge is 0.464 e. The van der Waals surface area contributed by atoms with E-state index in [1.54, 1.807) is 12.5 Å². The molecule has 6 aromatic heterocycles. The summed E-state index contributed by atoms with van der Waals surface area (Å²) in [5.41, 5.74) is 32.7. The molecule has 0 bridgehead atoms. The van der Waals surface area contributed by atoms with Crippen LogP contribution in [0.15, 0.2) is 140 Å². The van der Waals surface area contributed by atoms with Crippen LogP contribution in [-0.2, 0) is 12.8 Å². The molecule has 2 nitrogen and oxygen atoms in total. The minimum absolute atomic E-state index is 0.404. The first kappa shape index (κ1) is 96.3. The van der Waals surface area contributed by atoms with E-state index >= 15 is 0 Å². The zero-order valence-electron chi connectivity index (χ0n) is 80.0. The van der Waals surface area contributed by atoms with E-state index in [9.17, 15) is 0 Å². The summed E-state index contributed by atoms with van der Waals surface area (Å²) in [5.74, 6) is 23.3. The topological polar surface area (TPSA) is 26.3 Å². The van der Waals surface area contributed by atoms with Gasteiger partial charge < -0.3 is 8.83 Å². The SMILES string of the molecule is CCCCCCc1cc2cc3c(C#C[Si](CC)(CC)CC)c4cc5sc(CCCCCC)cc5cc4c(C#C[Si](CC)(CC)CC)c3cc2s1.CC[Si](C#Cc1c2cc3cc[se]c3cc2c(C#C[Si](CC)(CC)CC)c2cc3cc[se]c3cc12)(CC)CC.CC[Si](C#Cc1c2cc3ccoc3cc2c(C#C[Si](CC)(CC)CC)c2cc3ccoc3cc12)(CC)CC. The van der Waals surface area contributed by atoms with Crippen LogP contribution >= 0.6 is 22.7 Å². The van der Waals surface area contributed by atoms with Gasteiger partial charge in [0.2, 0.25) is 0 Å². The van der Waals surface area contributed by atoms with E-state index < -0.39 is 48.4 Å². The fourth-order valence-corrected chi connectivity index (χ4v) is 39.6. The number of unbranched alkanes of at least 4 members (excludes halogenated alkanes) is 6. The van der Waals surface area contributed by atoms with Crippen molar-refractivity contribution in [3.05, 3.63) is 175 Å². The van der Waals surface area contributed by atoms with Gasteiger partial charge in [0.15, 0.2) is 0 Å². The van der Waals surface area contributed by atoms with E-state index in [1.165, 1.54) is 288 Å². The number of hydrogen-bond acceptors (Lipinski definition) is 4. The third-order valence-corrected chi connectivity index (χ3v) is 64.8. The van der Waals surface area contributed by atoms with E-state index in [4.69, 9.17) is 8.83 Å². The molecule has 9 aromatic carbocycles. The number of aryl methyl sites for hydroxylation is 2. The molecular formula is C114H138O2S2Se2Si6. The zero-order valence-corrected chi connectivity index (χ0v) is 91.0. The second kappa shape index (κ2) is 43.2. The summed E-state index contributed by atoms with van der Waals surface area (Å²) in [4.78, 5) is 7.77. The van der Waals surface area contributed by atoms with Crippen LogP contribution in [0.5, 0.6) is 0 Å². The van der Waals surface area contributed by atoms with Crippen LogP contribution < -0.4 is 0 Å². The van der Waals surface area contributed by atoms with Crippen molar-refractivity contribution < 1.29 is 8.83 Å². The van der Waals surface area contributed by atoms with E-state index in [-0.39, 0.29) is 0 Å². The Morgan fingerprint density at radius 3 is 0.746 bits per heavy atom. The Kier molecular flexibility index (Phi) is 33.0. The summed E-state index contributed by atoms with van der Waals surface area (Å²) in [7, 11) is -9.80. The Bertz CT molecular complexity index is 5870. The predicted molar refractivity (Wildman–Crippen MR) is 584 cm³/mol. The molecule has 0 amide bonds. The van der Waals surface area contributed by atoms with E-state index in [1.807, 2.05) is 34.8 Å². The first-order valence-corrected chi connectivity index (χ1v) is 69.9. The molecule has 15 rings (SSSR count). The molecule has 0 aliphatic carbocycles. The van der Waals surface area contributed by atoms with Gasteiger partial charge in [-0.2, -0.15) is 0 Å². The predicted octanol–water partition coefficient (Wildman–Crippen LogP) is 35.0. The minimum Gasteiger partial charge on any atom is -0.464 e. The molecule has 0 aliphatic heterocycles. The summed E-state index contributed by atoms with van der Waals surface area (Å²) >= 11 is 4.82. The van der Waals surface area contributed by atoms with Gasteiger partial charge in [0, 0.05) is 84.5 Å². The molecule has 0 radical (unpaired) electrons. The molecule has 6 heterocycles. The molecule has 0 unspecified atom stereocenters. The van der Waals surface area contributed by atoms with Gasteiger partial charge in [0.05, 0.1) is 12.5 Å². The second-order valence-corrected chi connectivity index (χ2v) is 72.0. The normalized spacial score (nSPS) is 12.2. The fourth-order valence-electron chi connectivity index (χ4n) is 19.4. The van der Waals surface area contributed by atoms with Crippen molar-refractivity contribution in [2.24, 2.45) is 0 Å². The Morgan fingerprint density at radius 2 is 0.484 bits per heavy atom. The van der Waals surface area contributed by atoms with Crippen LogP contribution in [0.4, 0.5) is 0 Å². The summed E-state index contributed by atoms with van der Waals surface area (Å²) in [5, 5.41) is 22.9. The van der Waals surface area contributed by atoms with E-state index in [0.717, 1.165) is 54.6 Å². The van der Waals surface area contributed by atoms with Crippen molar-refractivity contribution in [2.75, 3.05) is 0 Å². The van der Waals surface area contributed by atoms with Crippen LogP contribution in [-0.4, -0.2) is 77.5 Å². The summed E-state index contributed by atoms with van der Waals surface area (Å²) in [6.45, 7) is 46.9. The molecule has 0 saturated heterocycles. The van der Waals surface area contributed by atoms with Crippen molar-refractivity contribution >= 4 is 226 Å². The molecule has 15 aromatic rings. The number of rotatable bonds is 28. The van der Waals surface area contributed by atoms with Gasteiger partial charge >= 0.3 is 244 Å². The monoisotopic (exact) mass is 1930 g/mol. The summed E-state index contributed by atoms with van der Waals surface area (Å²) in [6, 6.07) is 64.2. The number of furan rings is 2. The zero-order chi connectivity index (χ0) is 89.6. The maximum atomic E-state index is 5.88. The average Bonchev–Trinajstić information content (AvgIpc) is 1.35. The summed E-state index contributed by atoms with van der Waals surface area (Å²) < 4.78 is 17.5. The number of fused-ring (bicyclic) bond motifs is 12. The molecular weight excluding hydrogens is 1790 g/mol. The second-order valence-electron chi connectivity index (χ2n) is 36.1. The van der Waals surface area contributed by atoms with E-state index in [0.29, 0.717) is 29.0 Å². The van der Waals surface area contributed by atoms with Gasteiger partial charge in [0.25, 0.3) is 0 Å². The first-order valence-electron chi connectivity index (χ1n) is 48.9. The van der Waals surface area contributed by atoms with Crippen LogP contribution in [0.1, 0.15) is 233 Å². The van der Waals surface area contributed by atoms with Crippen molar-refractivity contribution in [1.29, 1.82) is 0 Å². The quantitative estimate of drug-likeness (QED) is 0.0211. The van der Waals surface area contributed by atoms with Crippen molar-refractivity contribution in [3.8, 4) is 68.8 Å². The maximum Gasteiger partial charge on any atom is 0.138 e. The molecule has 0 atom stereocenters. The number of thiophene rings is 2. The van der Waals surface area contributed by atoms with Crippen LogP contribution in [0, 0.1) is 68.8 Å². The average molecular weight is 1930 g/mol. The third-order valence-electron chi connectivity index (χ3n) is 30.5. The number of hydrogen-bond donors (Lipinski definition) is 0. The van der Waals surface area contributed by atoms with Crippen molar-refractivity contribution in [3.63, 3.8) is 0 Å². The molecule has 0 aliphatic rings. The third kappa shape index (κ3) is 20.1. The minimum atomic E-state index is -1.67. The van der Waals surface area contributed by atoms with E-state index in [2.05, 4.69) is 314 Å². The Morgan fingerprint density at radius 1 is 0.246 bits per heavy atom. The van der Waals surface area contributed by atoms with Crippen molar-refractivity contribution in [1.82, 2.24) is 0 Å². The molecule has 0 saturated carbocycles. The Balaban J connectivity index is 0.000000164. The van der Waals surface area contributed by atoms with Gasteiger partial charge in [-0.25, -0.2) is 0 Å². The van der Waals surface area contributed by atoms with Gasteiger partial charge in [-0.05, 0) is 193 Å². The molecule has 0 spiro atoms. The van der Waals surface area contributed by atoms with Gasteiger partial charge in [-0.3, -0.25) is 0 Å². The maximum absolute atomic E-state index is 5.88. The first-order chi connectivity index (χ1) is 61.2.